The highest BCUT2D eigenvalue weighted by molar-refractivity contribution is 4.45. The summed E-state index contributed by atoms with van der Waals surface area (Å²) in [6.45, 7) is 4.00. The fourth-order valence-corrected chi connectivity index (χ4v) is 1.37. The van der Waals surface area contributed by atoms with Gasteiger partial charge in [0, 0.05) is 26.4 Å². The van der Waals surface area contributed by atoms with Gasteiger partial charge >= 0.3 is 0 Å². The van der Waals surface area contributed by atoms with Crippen LogP contribution in [0.5, 0.6) is 0 Å². The molecule has 0 radical (unpaired) electrons. The Morgan fingerprint density at radius 1 is 0.429 bits per heavy atom. The predicted molar refractivity (Wildman–Crippen MR) is 49.3 cm³/mol. The fraction of sp³-hybridized carbons (Fsp3) is 1.00. The van der Waals surface area contributed by atoms with Crippen molar-refractivity contribution in [3.8, 4) is 0 Å². The number of hydrogen-bond donors (Lipinski definition) is 0. The standard InChI is InChI=1S/2C5H10O.2BrH/c2*1-2-4-6-5-3-1;;/h2*1-5H2;2*1H/p-2. The monoisotopic (exact) mass is 330 g/mol. The van der Waals surface area contributed by atoms with Gasteiger partial charge in [-0.2, -0.15) is 0 Å². The third-order valence-corrected chi connectivity index (χ3v) is 2.15. The van der Waals surface area contributed by atoms with Crippen LogP contribution in [0.3, 0.4) is 0 Å². The Morgan fingerprint density at radius 2 is 0.714 bits per heavy atom. The van der Waals surface area contributed by atoms with Crippen molar-refractivity contribution in [2.45, 2.75) is 38.5 Å². The van der Waals surface area contributed by atoms with Gasteiger partial charge < -0.3 is 43.4 Å². The van der Waals surface area contributed by atoms with Crippen LogP contribution in [0.15, 0.2) is 0 Å². The van der Waals surface area contributed by atoms with E-state index in [1.165, 1.54) is 38.5 Å². The van der Waals surface area contributed by atoms with Gasteiger partial charge in [0.2, 0.25) is 0 Å². The number of ether oxygens (including phenoxy) is 2. The van der Waals surface area contributed by atoms with Crippen molar-refractivity contribution in [3.05, 3.63) is 0 Å². The van der Waals surface area contributed by atoms with Crippen LogP contribution in [0.2, 0.25) is 0 Å². The molecular formula is C10H20Br2O2-2. The Balaban J connectivity index is 0. The first-order chi connectivity index (χ1) is 6.00. The number of halogens is 2. The summed E-state index contributed by atoms with van der Waals surface area (Å²) in [6.07, 6.45) is 7.86. The third kappa shape index (κ3) is 11.0. The summed E-state index contributed by atoms with van der Waals surface area (Å²) >= 11 is 0. The molecule has 4 heteroatoms. The molecule has 0 saturated carbocycles. The van der Waals surface area contributed by atoms with E-state index < -0.39 is 0 Å². The van der Waals surface area contributed by atoms with Gasteiger partial charge in [0.1, 0.15) is 0 Å². The van der Waals surface area contributed by atoms with E-state index >= 15 is 0 Å². The highest BCUT2D eigenvalue weighted by atomic mass is 79.9. The Bertz CT molecular complexity index is 59.1. The minimum absolute atomic E-state index is 0. The van der Waals surface area contributed by atoms with Crippen LogP contribution in [0.1, 0.15) is 38.5 Å². The zero-order chi connectivity index (χ0) is 8.49. The third-order valence-electron chi connectivity index (χ3n) is 2.15. The molecule has 0 aromatic rings. The summed E-state index contributed by atoms with van der Waals surface area (Å²) in [4.78, 5) is 0. The molecule has 2 saturated heterocycles. The Labute approximate surface area is 108 Å². The largest absolute Gasteiger partial charge is 1.00 e. The summed E-state index contributed by atoms with van der Waals surface area (Å²) in [7, 11) is 0. The van der Waals surface area contributed by atoms with Crippen molar-refractivity contribution in [1.82, 2.24) is 0 Å². The molecular weight excluding hydrogens is 312 g/mol. The SMILES string of the molecule is C1CCOCC1.C1CCOCC1.[Br-].[Br-]. The van der Waals surface area contributed by atoms with Crippen LogP contribution in [0.25, 0.3) is 0 Å². The molecule has 0 spiro atoms. The van der Waals surface area contributed by atoms with Crippen LogP contribution in [0.4, 0.5) is 0 Å². The number of rotatable bonds is 0. The molecule has 2 nitrogen and oxygen atoms in total. The minimum Gasteiger partial charge on any atom is -1.00 e. The number of hydrogen-bond acceptors (Lipinski definition) is 2. The van der Waals surface area contributed by atoms with E-state index in [1.54, 1.807) is 0 Å². The van der Waals surface area contributed by atoms with Crippen molar-refractivity contribution < 1.29 is 43.4 Å². The normalized spacial score (nSPS) is 20.6. The van der Waals surface area contributed by atoms with E-state index in [0.29, 0.717) is 0 Å². The van der Waals surface area contributed by atoms with Crippen LogP contribution in [0, 0.1) is 0 Å². The van der Waals surface area contributed by atoms with E-state index in [1.807, 2.05) is 0 Å². The molecule has 0 bridgehead atoms. The molecule has 0 aromatic carbocycles. The minimum atomic E-state index is 0. The molecule has 14 heavy (non-hydrogen) atoms. The van der Waals surface area contributed by atoms with Crippen molar-refractivity contribution in [2.24, 2.45) is 0 Å². The van der Waals surface area contributed by atoms with Gasteiger partial charge in [-0.15, -0.1) is 0 Å². The Kier molecular flexibility index (Phi) is 17.1. The van der Waals surface area contributed by atoms with Crippen LogP contribution in [-0.4, -0.2) is 26.4 Å². The van der Waals surface area contributed by atoms with E-state index in [0.717, 1.165) is 26.4 Å². The smallest absolute Gasteiger partial charge is 0.0466 e. The second kappa shape index (κ2) is 13.9. The van der Waals surface area contributed by atoms with Gasteiger partial charge in [-0.3, -0.25) is 0 Å². The molecule has 0 unspecified atom stereocenters. The lowest BCUT2D eigenvalue weighted by Crippen LogP contribution is -3.00. The van der Waals surface area contributed by atoms with Crippen LogP contribution in [-0.2, 0) is 9.47 Å². The molecule has 2 rings (SSSR count). The Morgan fingerprint density at radius 3 is 0.786 bits per heavy atom. The van der Waals surface area contributed by atoms with Gasteiger partial charge in [0.15, 0.2) is 0 Å². The van der Waals surface area contributed by atoms with Gasteiger partial charge in [0.25, 0.3) is 0 Å². The summed E-state index contributed by atoms with van der Waals surface area (Å²) < 4.78 is 10.1. The Hall–Kier alpha value is 0.880. The zero-order valence-corrected chi connectivity index (χ0v) is 11.8. The molecule has 0 aliphatic carbocycles. The average molecular weight is 332 g/mol. The summed E-state index contributed by atoms with van der Waals surface area (Å²) in [5.74, 6) is 0. The van der Waals surface area contributed by atoms with Crippen molar-refractivity contribution in [3.63, 3.8) is 0 Å². The van der Waals surface area contributed by atoms with Gasteiger partial charge in [-0.1, -0.05) is 0 Å². The fourth-order valence-electron chi connectivity index (χ4n) is 1.37. The van der Waals surface area contributed by atoms with Crippen molar-refractivity contribution in [2.75, 3.05) is 26.4 Å². The lowest BCUT2D eigenvalue weighted by Gasteiger charge is -2.08. The second-order valence-corrected chi connectivity index (χ2v) is 3.35. The maximum absolute atomic E-state index is 5.07. The first-order valence-electron chi connectivity index (χ1n) is 5.15. The van der Waals surface area contributed by atoms with E-state index in [9.17, 15) is 0 Å². The maximum Gasteiger partial charge on any atom is 0.0466 e. The highest BCUT2D eigenvalue weighted by Gasteiger charge is 1.95. The quantitative estimate of drug-likeness (QED) is 0.456. The molecule has 2 heterocycles. The average Bonchev–Trinajstić information content (AvgIpc) is 2.24. The van der Waals surface area contributed by atoms with Gasteiger partial charge in [-0.05, 0) is 38.5 Å². The van der Waals surface area contributed by atoms with Crippen LogP contribution < -0.4 is 34.0 Å². The van der Waals surface area contributed by atoms with Gasteiger partial charge in [0.05, 0.1) is 0 Å². The molecule has 2 fully saturated rings. The molecule has 2 aliphatic heterocycles. The first kappa shape index (κ1) is 17.3. The summed E-state index contributed by atoms with van der Waals surface area (Å²) in [5, 5.41) is 0. The first-order valence-corrected chi connectivity index (χ1v) is 5.15. The second-order valence-electron chi connectivity index (χ2n) is 3.35. The summed E-state index contributed by atoms with van der Waals surface area (Å²) in [6, 6.07) is 0. The highest BCUT2D eigenvalue weighted by Crippen LogP contribution is 2.02. The maximum atomic E-state index is 5.07. The molecule has 0 N–H and O–H groups in total. The molecule has 0 aromatic heterocycles. The topological polar surface area (TPSA) is 18.5 Å². The lowest BCUT2D eigenvalue weighted by molar-refractivity contribution is -0.001000. The van der Waals surface area contributed by atoms with Crippen molar-refractivity contribution >= 4 is 0 Å². The van der Waals surface area contributed by atoms with E-state index in [-0.39, 0.29) is 34.0 Å². The van der Waals surface area contributed by atoms with E-state index in [4.69, 9.17) is 9.47 Å². The molecule has 88 valence electrons. The predicted octanol–water partition coefficient (Wildman–Crippen LogP) is -3.62. The summed E-state index contributed by atoms with van der Waals surface area (Å²) in [5.41, 5.74) is 0. The van der Waals surface area contributed by atoms with Crippen molar-refractivity contribution in [1.29, 1.82) is 0 Å². The van der Waals surface area contributed by atoms with Gasteiger partial charge in [-0.25, -0.2) is 0 Å². The van der Waals surface area contributed by atoms with E-state index in [2.05, 4.69) is 0 Å². The van der Waals surface area contributed by atoms with Crippen LogP contribution >= 0.6 is 0 Å². The zero-order valence-electron chi connectivity index (χ0n) is 8.64. The lowest BCUT2D eigenvalue weighted by atomic mass is 10.2. The molecule has 2 aliphatic rings. The molecule has 0 atom stereocenters. The molecule has 0 amide bonds.